The van der Waals surface area contributed by atoms with E-state index in [4.69, 9.17) is 4.74 Å². The zero-order chi connectivity index (χ0) is 24.4. The van der Waals surface area contributed by atoms with Gasteiger partial charge in [0.25, 0.3) is 0 Å². The van der Waals surface area contributed by atoms with Crippen LogP contribution in [0, 0.1) is 18.8 Å². The molecule has 5 rings (SSSR count). The van der Waals surface area contributed by atoms with E-state index in [9.17, 15) is 4.79 Å². The Morgan fingerprint density at radius 3 is 2.46 bits per heavy atom. The number of nitrogens with one attached hydrogen (secondary N) is 1. The molecule has 178 valence electrons. The molecule has 1 aromatic heterocycles. The number of hydrogen-bond donors (Lipinski definition) is 1. The number of nitrogens with zero attached hydrogens (tertiary/aromatic N) is 3. The molecule has 0 saturated heterocycles. The molecular formula is C29H30N4O2. The third kappa shape index (κ3) is 5.11. The molecular weight excluding hydrogens is 436 g/mol. The molecule has 0 radical (unpaired) electrons. The molecule has 0 bridgehead atoms. The van der Waals surface area contributed by atoms with Crippen molar-refractivity contribution in [2.24, 2.45) is 11.8 Å². The lowest BCUT2D eigenvalue weighted by Gasteiger charge is -2.10. The van der Waals surface area contributed by atoms with Gasteiger partial charge < -0.3 is 10.1 Å². The van der Waals surface area contributed by atoms with Crippen LogP contribution in [0.5, 0.6) is 6.01 Å². The molecule has 1 aliphatic rings. The number of amides is 1. The zero-order valence-corrected chi connectivity index (χ0v) is 20.3. The van der Waals surface area contributed by atoms with Crippen molar-refractivity contribution in [2.45, 2.75) is 33.1 Å². The van der Waals surface area contributed by atoms with Crippen LogP contribution in [-0.4, -0.2) is 27.3 Å². The lowest BCUT2D eigenvalue weighted by molar-refractivity contribution is -0.117. The predicted molar refractivity (Wildman–Crippen MR) is 138 cm³/mol. The number of benzene rings is 3. The van der Waals surface area contributed by atoms with Crippen LogP contribution in [0.1, 0.15) is 37.3 Å². The fraction of sp³-hybridized carbons (Fsp3) is 0.276. The van der Waals surface area contributed by atoms with Gasteiger partial charge in [0.15, 0.2) is 5.82 Å². The molecule has 0 spiro atoms. The lowest BCUT2D eigenvalue weighted by Crippen LogP contribution is -2.14. The van der Waals surface area contributed by atoms with Crippen LogP contribution >= 0.6 is 0 Å². The maximum Gasteiger partial charge on any atom is 0.336 e. The monoisotopic (exact) mass is 466 g/mol. The Morgan fingerprint density at radius 2 is 1.74 bits per heavy atom. The Kier molecular flexibility index (Phi) is 6.36. The fourth-order valence-electron chi connectivity index (χ4n) is 4.25. The minimum atomic E-state index is 0.0284. The third-order valence-electron chi connectivity index (χ3n) is 6.25. The maximum absolute atomic E-state index is 12.8. The summed E-state index contributed by atoms with van der Waals surface area (Å²) in [7, 11) is 0. The highest BCUT2D eigenvalue weighted by atomic mass is 16.5. The minimum absolute atomic E-state index is 0.0284. The van der Waals surface area contributed by atoms with Crippen LogP contribution in [0.3, 0.4) is 0 Å². The Hall–Kier alpha value is -3.93. The molecule has 1 N–H and O–H groups in total. The van der Waals surface area contributed by atoms with E-state index < -0.39 is 0 Å². The molecule has 35 heavy (non-hydrogen) atoms. The van der Waals surface area contributed by atoms with Crippen molar-refractivity contribution in [1.29, 1.82) is 0 Å². The van der Waals surface area contributed by atoms with E-state index >= 15 is 0 Å². The molecule has 1 heterocycles. The van der Waals surface area contributed by atoms with Crippen LogP contribution in [0.4, 0.5) is 5.69 Å². The van der Waals surface area contributed by atoms with Gasteiger partial charge in [-0.25, -0.2) is 4.68 Å². The van der Waals surface area contributed by atoms with E-state index in [1.165, 1.54) is 5.56 Å². The zero-order valence-electron chi connectivity index (χ0n) is 20.3. The average Bonchev–Trinajstić information content (AvgIpc) is 3.57. The van der Waals surface area contributed by atoms with E-state index in [1.54, 1.807) is 4.68 Å². The van der Waals surface area contributed by atoms with Crippen molar-refractivity contribution in [3.63, 3.8) is 0 Å². The number of ether oxygens (including phenoxy) is 1. The van der Waals surface area contributed by atoms with Crippen LogP contribution < -0.4 is 10.1 Å². The molecule has 0 unspecified atom stereocenters. The van der Waals surface area contributed by atoms with Gasteiger partial charge in [-0.2, -0.15) is 4.98 Å². The van der Waals surface area contributed by atoms with Gasteiger partial charge in [-0.15, -0.1) is 5.10 Å². The Balaban J connectivity index is 1.35. The van der Waals surface area contributed by atoms with E-state index in [-0.39, 0.29) is 11.8 Å². The number of aryl methyl sites for hydroxylation is 1. The first-order valence-electron chi connectivity index (χ1n) is 12.1. The largest absolute Gasteiger partial charge is 0.462 e. The number of rotatable bonds is 8. The van der Waals surface area contributed by atoms with Crippen LogP contribution in [0.25, 0.3) is 17.1 Å². The summed E-state index contributed by atoms with van der Waals surface area (Å²) in [4.78, 5) is 17.5. The van der Waals surface area contributed by atoms with Crippen molar-refractivity contribution in [1.82, 2.24) is 14.8 Å². The first-order valence-corrected chi connectivity index (χ1v) is 12.1. The highest BCUT2D eigenvalue weighted by molar-refractivity contribution is 5.95. The number of aromatic nitrogens is 3. The molecule has 2 atom stereocenters. The van der Waals surface area contributed by atoms with Gasteiger partial charge in [-0.3, -0.25) is 4.79 Å². The van der Waals surface area contributed by atoms with Gasteiger partial charge in [-0.1, -0.05) is 68.4 Å². The van der Waals surface area contributed by atoms with Crippen LogP contribution in [-0.2, 0) is 4.79 Å². The van der Waals surface area contributed by atoms with E-state index in [2.05, 4.69) is 54.4 Å². The standard InChI is InChI=1S/C29H30N4O2/c1-19(2)18-35-29-31-27(24-12-8-7-9-20(24)3)33(32-29)23-15-13-22(14-16-23)30-28(34)26-17-25(26)21-10-5-4-6-11-21/h4-16,19,25-26H,17-18H2,1-3H3,(H,30,34)/t25-,26-/m0/s1. The Labute approximate surface area is 206 Å². The summed E-state index contributed by atoms with van der Waals surface area (Å²) in [6.07, 6.45) is 0.895. The van der Waals surface area contributed by atoms with Gasteiger partial charge in [0.1, 0.15) is 0 Å². The number of hydrogen-bond acceptors (Lipinski definition) is 4. The normalized spacial score (nSPS) is 16.8. The highest BCUT2D eigenvalue weighted by Crippen LogP contribution is 2.47. The topological polar surface area (TPSA) is 69.0 Å². The third-order valence-corrected chi connectivity index (χ3v) is 6.25. The minimum Gasteiger partial charge on any atom is -0.462 e. The van der Waals surface area contributed by atoms with Gasteiger partial charge in [-0.05, 0) is 60.6 Å². The van der Waals surface area contributed by atoms with E-state index in [0.29, 0.717) is 24.5 Å². The van der Waals surface area contributed by atoms with Crippen molar-refractivity contribution < 1.29 is 9.53 Å². The predicted octanol–water partition coefficient (Wildman–Crippen LogP) is 6.02. The molecule has 3 aromatic carbocycles. The van der Waals surface area contributed by atoms with Gasteiger partial charge in [0.05, 0.1) is 12.3 Å². The first kappa shape index (κ1) is 22.8. The summed E-state index contributed by atoms with van der Waals surface area (Å²) in [6.45, 7) is 6.79. The van der Waals surface area contributed by atoms with Crippen molar-refractivity contribution in [3.05, 3.63) is 90.0 Å². The molecule has 1 amide bonds. The molecule has 6 heteroatoms. The Morgan fingerprint density at radius 1 is 1.03 bits per heavy atom. The molecule has 1 saturated carbocycles. The molecule has 6 nitrogen and oxygen atoms in total. The molecule has 4 aromatic rings. The quantitative estimate of drug-likeness (QED) is 0.345. The SMILES string of the molecule is Cc1ccccc1-c1nc(OCC(C)C)nn1-c1ccc(NC(=O)[C@H]2C[C@H]2c2ccccc2)cc1. The van der Waals surface area contributed by atoms with Crippen molar-refractivity contribution >= 4 is 11.6 Å². The lowest BCUT2D eigenvalue weighted by atomic mass is 10.1. The number of carbonyl (C=O) groups is 1. The second kappa shape index (κ2) is 9.74. The van der Waals surface area contributed by atoms with Crippen LogP contribution in [0.15, 0.2) is 78.9 Å². The summed E-state index contributed by atoms with van der Waals surface area (Å²) < 4.78 is 7.63. The Bertz CT molecular complexity index is 1310. The maximum atomic E-state index is 12.8. The number of carbonyl (C=O) groups excluding carboxylic acids is 1. The molecule has 0 aliphatic heterocycles. The van der Waals surface area contributed by atoms with Crippen LogP contribution in [0.2, 0.25) is 0 Å². The second-order valence-corrected chi connectivity index (χ2v) is 9.55. The van der Waals surface area contributed by atoms with Crippen molar-refractivity contribution in [2.75, 3.05) is 11.9 Å². The summed E-state index contributed by atoms with van der Waals surface area (Å²) in [5, 5.41) is 7.70. The number of anilines is 1. The first-order chi connectivity index (χ1) is 17.0. The summed E-state index contributed by atoms with van der Waals surface area (Å²) in [6, 6.07) is 26.4. The second-order valence-electron chi connectivity index (χ2n) is 9.55. The van der Waals surface area contributed by atoms with E-state index in [1.807, 2.05) is 60.7 Å². The van der Waals surface area contributed by atoms with Gasteiger partial charge >= 0.3 is 6.01 Å². The van der Waals surface area contributed by atoms with Gasteiger partial charge in [0, 0.05) is 17.2 Å². The smallest absolute Gasteiger partial charge is 0.336 e. The molecule has 1 fully saturated rings. The van der Waals surface area contributed by atoms with E-state index in [0.717, 1.165) is 34.7 Å². The highest BCUT2D eigenvalue weighted by Gasteiger charge is 2.43. The fourth-order valence-corrected chi connectivity index (χ4v) is 4.25. The van der Waals surface area contributed by atoms with Crippen molar-refractivity contribution in [3.8, 4) is 23.1 Å². The summed E-state index contributed by atoms with van der Waals surface area (Å²) in [5.41, 5.74) is 4.96. The summed E-state index contributed by atoms with van der Waals surface area (Å²) >= 11 is 0. The van der Waals surface area contributed by atoms with Gasteiger partial charge in [0.2, 0.25) is 5.91 Å². The summed E-state index contributed by atoms with van der Waals surface area (Å²) in [5.74, 6) is 1.51. The molecule has 1 aliphatic carbocycles. The average molecular weight is 467 g/mol.